The van der Waals surface area contributed by atoms with Gasteiger partial charge in [-0.2, -0.15) is 0 Å². The van der Waals surface area contributed by atoms with Gasteiger partial charge in [-0.3, -0.25) is 9.59 Å². The predicted octanol–water partition coefficient (Wildman–Crippen LogP) is 8.20. The minimum absolute atomic E-state index is 0.169. The quantitative estimate of drug-likeness (QED) is 0.153. The molecule has 0 aromatic heterocycles. The maximum Gasteiger partial charge on any atom is 0.408 e. The van der Waals surface area contributed by atoms with Crippen molar-refractivity contribution < 1.29 is 28.7 Å². The van der Waals surface area contributed by atoms with Gasteiger partial charge in [0.25, 0.3) is 0 Å². The molecular weight excluding hydrogens is 666 g/mol. The van der Waals surface area contributed by atoms with Crippen LogP contribution >= 0.6 is 0 Å². The number of rotatable bonds is 15. The van der Waals surface area contributed by atoms with Gasteiger partial charge in [-0.25, -0.2) is 9.59 Å². The molecule has 9 heteroatoms. The first-order valence-corrected chi connectivity index (χ1v) is 18.7. The van der Waals surface area contributed by atoms with Gasteiger partial charge in [-0.05, 0) is 103 Å². The molecule has 0 aliphatic carbocycles. The van der Waals surface area contributed by atoms with Crippen LogP contribution < -0.4 is 10.6 Å². The van der Waals surface area contributed by atoms with Crippen molar-refractivity contribution in [2.24, 2.45) is 5.92 Å². The van der Waals surface area contributed by atoms with E-state index in [1.165, 1.54) is 0 Å². The Morgan fingerprint density at radius 1 is 0.679 bits per heavy atom. The van der Waals surface area contributed by atoms with Crippen molar-refractivity contribution in [3.05, 3.63) is 107 Å². The highest BCUT2D eigenvalue weighted by Crippen LogP contribution is 2.31. The number of esters is 1. The third-order valence-electron chi connectivity index (χ3n) is 8.70. The van der Waals surface area contributed by atoms with Gasteiger partial charge in [0.15, 0.2) is 0 Å². The lowest BCUT2D eigenvalue weighted by molar-refractivity contribution is -0.159. The molecule has 0 heterocycles. The van der Waals surface area contributed by atoms with E-state index in [0.717, 1.165) is 28.7 Å². The minimum Gasteiger partial charge on any atom is -0.458 e. The second-order valence-corrected chi connectivity index (χ2v) is 16.5. The Hall–Kier alpha value is -4.66. The molecule has 3 rings (SSSR count). The lowest BCUT2D eigenvalue weighted by Crippen LogP contribution is -2.57. The topological polar surface area (TPSA) is 114 Å². The van der Waals surface area contributed by atoms with E-state index < -0.39 is 59.2 Å². The Balaban J connectivity index is 2.21. The van der Waals surface area contributed by atoms with E-state index in [0.29, 0.717) is 17.9 Å². The number of carbonyl (C=O) groups is 4. The molecule has 9 nitrogen and oxygen atoms in total. The zero-order chi connectivity index (χ0) is 39.5. The van der Waals surface area contributed by atoms with E-state index in [2.05, 4.69) is 24.5 Å². The highest BCUT2D eigenvalue weighted by Gasteiger charge is 2.41. The Labute approximate surface area is 317 Å². The number of aryl methyl sites for hydroxylation is 2. The van der Waals surface area contributed by atoms with E-state index in [4.69, 9.17) is 9.47 Å². The molecule has 0 spiro atoms. The van der Waals surface area contributed by atoms with Crippen LogP contribution in [0.5, 0.6) is 0 Å². The molecule has 0 aliphatic heterocycles. The molecule has 53 heavy (non-hydrogen) atoms. The molecule has 0 saturated carbocycles. The second kappa shape index (κ2) is 18.9. The molecular formula is C44H61N3O6. The fourth-order valence-electron chi connectivity index (χ4n) is 6.21. The average molecular weight is 728 g/mol. The first kappa shape index (κ1) is 42.8. The third-order valence-corrected chi connectivity index (χ3v) is 8.70. The van der Waals surface area contributed by atoms with Crippen LogP contribution in [0, 0.1) is 19.8 Å². The van der Waals surface area contributed by atoms with E-state index in [9.17, 15) is 9.59 Å². The van der Waals surface area contributed by atoms with Crippen LogP contribution in [0.4, 0.5) is 4.79 Å². The number of nitrogens with zero attached hydrogens (tertiary/aromatic N) is 1. The summed E-state index contributed by atoms with van der Waals surface area (Å²) in [5, 5.41) is 5.87. The molecule has 4 atom stereocenters. The van der Waals surface area contributed by atoms with Crippen molar-refractivity contribution >= 4 is 23.9 Å². The second-order valence-electron chi connectivity index (χ2n) is 16.5. The lowest BCUT2D eigenvalue weighted by atomic mass is 9.92. The lowest BCUT2D eigenvalue weighted by Gasteiger charge is -2.40. The van der Waals surface area contributed by atoms with Crippen LogP contribution in [0.1, 0.15) is 109 Å². The van der Waals surface area contributed by atoms with Gasteiger partial charge in [-0.1, -0.05) is 98.3 Å². The van der Waals surface area contributed by atoms with Crippen LogP contribution in [-0.4, -0.2) is 58.1 Å². The zero-order valence-corrected chi connectivity index (χ0v) is 33.6. The predicted molar refractivity (Wildman–Crippen MR) is 210 cm³/mol. The summed E-state index contributed by atoms with van der Waals surface area (Å²) >= 11 is 0. The first-order valence-electron chi connectivity index (χ1n) is 18.7. The summed E-state index contributed by atoms with van der Waals surface area (Å²) in [4.78, 5) is 58.9. The van der Waals surface area contributed by atoms with Gasteiger partial charge in [-0.15, -0.1) is 0 Å². The van der Waals surface area contributed by atoms with Crippen molar-refractivity contribution in [1.82, 2.24) is 15.5 Å². The van der Waals surface area contributed by atoms with E-state index in [-0.39, 0.29) is 12.8 Å². The maximum absolute atomic E-state index is 15.2. The SMILES string of the molecule is Cc1ccc(C(C(=O)NC(Cc2ccccc2)C(=O)OC(C)(C)C)N(C(=O)C(Cc2ccccc2)NC(=O)OC(C)(C)C)C(C)CCC(C)C)c(C)c1. The first-order chi connectivity index (χ1) is 24.7. The maximum atomic E-state index is 15.2. The van der Waals surface area contributed by atoms with Crippen molar-refractivity contribution in [3.8, 4) is 0 Å². The van der Waals surface area contributed by atoms with Crippen LogP contribution in [0.25, 0.3) is 0 Å². The normalized spacial score (nSPS) is 14.0. The number of ether oxygens (including phenoxy) is 2. The molecule has 4 unspecified atom stereocenters. The Bertz CT molecular complexity index is 1660. The minimum atomic E-state index is -1.15. The summed E-state index contributed by atoms with van der Waals surface area (Å²) in [7, 11) is 0. The third kappa shape index (κ3) is 14.0. The number of hydrogen-bond donors (Lipinski definition) is 2. The van der Waals surface area contributed by atoms with E-state index in [1.54, 1.807) is 46.4 Å². The van der Waals surface area contributed by atoms with Gasteiger partial charge in [0, 0.05) is 18.9 Å². The van der Waals surface area contributed by atoms with Crippen LogP contribution in [0.3, 0.4) is 0 Å². The standard InChI is InChI=1S/C44H61N3O6/c1-29(2)22-24-32(5)47(40(49)36(27-33-18-14-12-15-19-33)46-42(51)53-44(9,10)11)38(35-25-23-30(3)26-31(35)4)39(48)45-37(41(50)52-43(6,7)8)28-34-20-16-13-17-21-34/h12-21,23,25-26,29,32,36-38H,22,24,27-28H2,1-11H3,(H,45,48)(H,46,51). The molecule has 0 fully saturated rings. The average Bonchev–Trinajstić information content (AvgIpc) is 3.05. The Morgan fingerprint density at radius 3 is 1.70 bits per heavy atom. The monoisotopic (exact) mass is 727 g/mol. The van der Waals surface area contributed by atoms with Crippen molar-refractivity contribution in [2.45, 2.75) is 137 Å². The van der Waals surface area contributed by atoms with Gasteiger partial charge in [0.2, 0.25) is 11.8 Å². The summed E-state index contributed by atoms with van der Waals surface area (Å²) < 4.78 is 11.4. The number of benzene rings is 3. The highest BCUT2D eigenvalue weighted by molar-refractivity contribution is 5.94. The largest absolute Gasteiger partial charge is 0.458 e. The highest BCUT2D eigenvalue weighted by atomic mass is 16.6. The van der Waals surface area contributed by atoms with Crippen LogP contribution in [0.2, 0.25) is 0 Å². The summed E-state index contributed by atoms with van der Waals surface area (Å²) in [5.74, 6) is -1.20. The molecule has 0 saturated heterocycles. The van der Waals surface area contributed by atoms with Crippen LogP contribution in [-0.2, 0) is 36.7 Å². The number of alkyl carbamates (subject to hydrolysis) is 1. The van der Waals surface area contributed by atoms with Gasteiger partial charge >= 0.3 is 12.1 Å². The molecule has 3 amide bonds. The number of amides is 3. The van der Waals surface area contributed by atoms with Crippen LogP contribution in [0.15, 0.2) is 78.9 Å². The molecule has 0 aliphatic rings. The van der Waals surface area contributed by atoms with Crippen molar-refractivity contribution in [2.75, 3.05) is 0 Å². The summed E-state index contributed by atoms with van der Waals surface area (Å²) in [6.07, 6.45) is 1.02. The molecule has 0 bridgehead atoms. The Morgan fingerprint density at radius 2 is 1.21 bits per heavy atom. The zero-order valence-electron chi connectivity index (χ0n) is 33.6. The van der Waals surface area contributed by atoms with Gasteiger partial charge in [0.05, 0.1) is 0 Å². The molecule has 2 N–H and O–H groups in total. The van der Waals surface area contributed by atoms with Crippen molar-refractivity contribution in [3.63, 3.8) is 0 Å². The molecule has 0 radical (unpaired) electrons. The molecule has 3 aromatic rings. The summed E-state index contributed by atoms with van der Waals surface area (Å²) in [5.41, 5.74) is 2.51. The molecule has 288 valence electrons. The number of hydrogen-bond acceptors (Lipinski definition) is 6. The van der Waals surface area contributed by atoms with Gasteiger partial charge in [0.1, 0.15) is 29.3 Å². The van der Waals surface area contributed by atoms with E-state index in [1.807, 2.05) is 99.6 Å². The summed E-state index contributed by atoms with van der Waals surface area (Å²) in [6.45, 7) is 20.7. The van der Waals surface area contributed by atoms with Crippen molar-refractivity contribution in [1.29, 1.82) is 0 Å². The molecule has 3 aromatic carbocycles. The Kier molecular flexibility index (Phi) is 15.2. The summed E-state index contributed by atoms with van der Waals surface area (Å²) in [6, 6.07) is 20.9. The fraction of sp³-hybridized carbons (Fsp3) is 0.500. The number of carbonyl (C=O) groups excluding carboxylic acids is 4. The van der Waals surface area contributed by atoms with Gasteiger partial charge < -0.3 is 25.0 Å². The smallest absolute Gasteiger partial charge is 0.408 e. The fourth-order valence-corrected chi connectivity index (χ4v) is 6.21. The van der Waals surface area contributed by atoms with E-state index >= 15 is 9.59 Å². The number of nitrogens with one attached hydrogen (secondary N) is 2.